The number of nitrogens with zero attached hydrogens (tertiary/aromatic N) is 2. The molecule has 1 heterocycles. The van der Waals surface area contributed by atoms with Crippen molar-refractivity contribution in [2.45, 2.75) is 13.5 Å². The van der Waals surface area contributed by atoms with Crippen LogP contribution in [0.25, 0.3) is 0 Å². The molecular formula is C7H10N2OS. The Balaban J connectivity index is 2.19. The fraction of sp³-hybridized carbons (Fsp3) is 0.429. The molecule has 0 spiro atoms. The Morgan fingerprint density at radius 3 is 3.09 bits per heavy atom. The summed E-state index contributed by atoms with van der Waals surface area (Å²) in [6.07, 6.45) is 5.38. The SMILES string of the molecule is CC(=S)OCCn1ccnc1. The van der Waals surface area contributed by atoms with Crippen LogP contribution in [0.5, 0.6) is 0 Å². The highest BCUT2D eigenvalue weighted by molar-refractivity contribution is 7.80. The van der Waals surface area contributed by atoms with Crippen molar-refractivity contribution < 1.29 is 4.74 Å². The topological polar surface area (TPSA) is 27.1 Å². The molecule has 0 unspecified atom stereocenters. The van der Waals surface area contributed by atoms with E-state index in [1.165, 1.54) is 0 Å². The molecule has 0 saturated carbocycles. The second-order valence-corrected chi connectivity index (χ2v) is 2.72. The third-order valence-electron chi connectivity index (χ3n) is 1.21. The molecule has 0 fully saturated rings. The van der Waals surface area contributed by atoms with E-state index in [1.54, 1.807) is 19.4 Å². The summed E-state index contributed by atoms with van der Waals surface area (Å²) in [6.45, 7) is 3.18. The van der Waals surface area contributed by atoms with Crippen molar-refractivity contribution in [3.05, 3.63) is 18.7 Å². The van der Waals surface area contributed by atoms with E-state index >= 15 is 0 Å². The lowest BCUT2D eigenvalue weighted by atomic mass is 10.6. The van der Waals surface area contributed by atoms with Gasteiger partial charge in [-0.25, -0.2) is 4.98 Å². The molecule has 0 aliphatic heterocycles. The fourth-order valence-corrected chi connectivity index (χ4v) is 0.797. The standard InChI is InChI=1S/C7H10N2OS/c1-7(11)10-5-4-9-3-2-8-6-9/h2-3,6H,4-5H2,1H3. The van der Waals surface area contributed by atoms with E-state index in [1.807, 2.05) is 10.8 Å². The third kappa shape index (κ3) is 3.13. The molecule has 0 saturated heterocycles. The van der Waals surface area contributed by atoms with Crippen molar-refractivity contribution in [3.8, 4) is 0 Å². The zero-order chi connectivity index (χ0) is 8.10. The molecule has 1 aromatic heterocycles. The number of ether oxygens (including phenoxy) is 1. The molecular weight excluding hydrogens is 160 g/mol. The Bertz CT molecular complexity index is 220. The molecule has 0 atom stereocenters. The maximum Gasteiger partial charge on any atom is 0.156 e. The molecule has 11 heavy (non-hydrogen) atoms. The molecule has 0 radical (unpaired) electrons. The highest BCUT2D eigenvalue weighted by Crippen LogP contribution is 1.87. The molecule has 1 aromatic rings. The highest BCUT2D eigenvalue weighted by Gasteiger charge is 1.90. The van der Waals surface area contributed by atoms with Gasteiger partial charge in [-0.05, 0) is 12.2 Å². The van der Waals surface area contributed by atoms with Crippen molar-refractivity contribution in [1.29, 1.82) is 0 Å². The summed E-state index contributed by atoms with van der Waals surface area (Å²) in [5, 5.41) is 0.588. The summed E-state index contributed by atoms with van der Waals surface area (Å²) >= 11 is 4.74. The number of aromatic nitrogens is 2. The van der Waals surface area contributed by atoms with E-state index in [0.717, 1.165) is 6.54 Å². The van der Waals surface area contributed by atoms with Gasteiger partial charge >= 0.3 is 0 Å². The molecule has 60 valence electrons. The van der Waals surface area contributed by atoms with Crippen LogP contribution in [0.4, 0.5) is 0 Å². The molecule has 0 aromatic carbocycles. The van der Waals surface area contributed by atoms with Gasteiger partial charge in [-0.2, -0.15) is 0 Å². The normalized spacial score (nSPS) is 9.55. The molecule has 3 nitrogen and oxygen atoms in total. The molecule has 0 bridgehead atoms. The molecule has 0 N–H and O–H groups in total. The van der Waals surface area contributed by atoms with Crippen LogP contribution in [0.3, 0.4) is 0 Å². The van der Waals surface area contributed by atoms with E-state index < -0.39 is 0 Å². The zero-order valence-electron chi connectivity index (χ0n) is 6.36. The monoisotopic (exact) mass is 170 g/mol. The van der Waals surface area contributed by atoms with Crippen molar-refractivity contribution in [2.75, 3.05) is 6.61 Å². The van der Waals surface area contributed by atoms with Crippen molar-refractivity contribution in [2.24, 2.45) is 0 Å². The Labute approximate surface area is 71.0 Å². The van der Waals surface area contributed by atoms with Crippen LogP contribution in [-0.2, 0) is 11.3 Å². The van der Waals surface area contributed by atoms with Crippen LogP contribution in [0, 0.1) is 0 Å². The molecule has 4 heteroatoms. The van der Waals surface area contributed by atoms with Gasteiger partial charge in [0.25, 0.3) is 0 Å². The minimum Gasteiger partial charge on any atom is -0.486 e. The Morgan fingerprint density at radius 1 is 1.73 bits per heavy atom. The first-order chi connectivity index (χ1) is 5.29. The van der Waals surface area contributed by atoms with Crippen LogP contribution < -0.4 is 0 Å². The number of hydrogen-bond donors (Lipinski definition) is 0. The van der Waals surface area contributed by atoms with Crippen molar-refractivity contribution in [3.63, 3.8) is 0 Å². The van der Waals surface area contributed by atoms with Crippen LogP contribution >= 0.6 is 12.2 Å². The Morgan fingerprint density at radius 2 is 2.55 bits per heavy atom. The first-order valence-corrected chi connectivity index (χ1v) is 3.79. The molecule has 0 aliphatic carbocycles. The van der Waals surface area contributed by atoms with Gasteiger partial charge in [-0.1, -0.05) is 0 Å². The largest absolute Gasteiger partial charge is 0.486 e. The summed E-state index contributed by atoms with van der Waals surface area (Å²) in [7, 11) is 0. The van der Waals surface area contributed by atoms with E-state index in [2.05, 4.69) is 4.98 Å². The summed E-state index contributed by atoms with van der Waals surface area (Å²) in [5.41, 5.74) is 0. The Hall–Kier alpha value is -0.900. The van der Waals surface area contributed by atoms with Crippen molar-refractivity contribution in [1.82, 2.24) is 9.55 Å². The lowest BCUT2D eigenvalue weighted by Crippen LogP contribution is -2.05. The van der Waals surface area contributed by atoms with Gasteiger partial charge in [0, 0.05) is 19.3 Å². The van der Waals surface area contributed by atoms with Gasteiger partial charge in [0.1, 0.15) is 6.61 Å². The van der Waals surface area contributed by atoms with Crippen LogP contribution in [0.2, 0.25) is 0 Å². The first kappa shape index (κ1) is 8.20. The minimum absolute atomic E-state index is 0.588. The van der Waals surface area contributed by atoms with Crippen LogP contribution in [0.15, 0.2) is 18.7 Å². The highest BCUT2D eigenvalue weighted by atomic mass is 32.1. The Kier molecular flexibility index (Phi) is 3.04. The fourth-order valence-electron chi connectivity index (χ4n) is 0.714. The van der Waals surface area contributed by atoms with Crippen LogP contribution in [0.1, 0.15) is 6.92 Å². The predicted molar refractivity (Wildman–Crippen MR) is 46.5 cm³/mol. The maximum absolute atomic E-state index is 5.10. The summed E-state index contributed by atoms with van der Waals surface area (Å²) in [4.78, 5) is 3.89. The number of thiocarbonyl (C=S) groups is 1. The molecule has 0 aliphatic rings. The van der Waals surface area contributed by atoms with Gasteiger partial charge < -0.3 is 9.30 Å². The van der Waals surface area contributed by atoms with Gasteiger partial charge in [0.15, 0.2) is 5.05 Å². The van der Waals surface area contributed by atoms with Gasteiger partial charge in [0.2, 0.25) is 0 Å². The second-order valence-electron chi connectivity index (χ2n) is 2.14. The lowest BCUT2D eigenvalue weighted by molar-refractivity contribution is 0.291. The second kappa shape index (κ2) is 4.08. The summed E-state index contributed by atoms with van der Waals surface area (Å²) in [6, 6.07) is 0. The quantitative estimate of drug-likeness (QED) is 0.639. The number of hydrogen-bond acceptors (Lipinski definition) is 3. The average molecular weight is 170 g/mol. The first-order valence-electron chi connectivity index (χ1n) is 3.38. The van der Waals surface area contributed by atoms with E-state index in [0.29, 0.717) is 11.7 Å². The van der Waals surface area contributed by atoms with E-state index in [-0.39, 0.29) is 0 Å². The number of rotatable bonds is 3. The summed E-state index contributed by atoms with van der Waals surface area (Å²) in [5.74, 6) is 0. The smallest absolute Gasteiger partial charge is 0.156 e. The average Bonchev–Trinajstić information content (AvgIpc) is 2.39. The maximum atomic E-state index is 5.10. The summed E-state index contributed by atoms with van der Waals surface area (Å²) < 4.78 is 7.04. The van der Waals surface area contributed by atoms with Gasteiger partial charge in [-0.3, -0.25) is 0 Å². The molecule has 0 amide bonds. The van der Waals surface area contributed by atoms with Gasteiger partial charge in [0.05, 0.1) is 12.9 Å². The lowest BCUT2D eigenvalue weighted by Gasteiger charge is -2.03. The predicted octanol–water partition coefficient (Wildman–Crippen LogP) is 1.25. The molecule has 1 rings (SSSR count). The van der Waals surface area contributed by atoms with Crippen molar-refractivity contribution >= 4 is 17.3 Å². The van der Waals surface area contributed by atoms with E-state index in [9.17, 15) is 0 Å². The number of imidazole rings is 1. The third-order valence-corrected chi connectivity index (χ3v) is 1.33. The van der Waals surface area contributed by atoms with Crippen LogP contribution in [-0.4, -0.2) is 21.2 Å². The minimum atomic E-state index is 0.588. The van der Waals surface area contributed by atoms with E-state index in [4.69, 9.17) is 17.0 Å². The zero-order valence-corrected chi connectivity index (χ0v) is 7.17. The van der Waals surface area contributed by atoms with Gasteiger partial charge in [-0.15, -0.1) is 0 Å².